The molecule has 0 radical (unpaired) electrons. The average Bonchev–Trinajstić information content (AvgIpc) is 2.95. The van der Waals surface area contributed by atoms with Crippen LogP contribution in [0.2, 0.25) is 0 Å². The Morgan fingerprint density at radius 1 is 1.24 bits per heavy atom. The van der Waals surface area contributed by atoms with Crippen LogP contribution in [0.25, 0.3) is 0 Å². The zero-order valence-electron chi connectivity index (χ0n) is 11.6. The van der Waals surface area contributed by atoms with Crippen LogP contribution in [0.15, 0.2) is 41.3 Å². The number of nitrogens with one attached hydrogen (secondary N) is 1. The molecule has 3 rings (SSSR count). The van der Waals surface area contributed by atoms with E-state index in [0.717, 1.165) is 37.2 Å². The lowest BCUT2D eigenvalue weighted by atomic mass is 10.2. The van der Waals surface area contributed by atoms with Crippen molar-refractivity contribution in [3.05, 3.63) is 52.5 Å². The van der Waals surface area contributed by atoms with Gasteiger partial charge in [-0.3, -0.25) is 14.7 Å². The molecule has 0 aliphatic carbocycles. The monoisotopic (exact) mass is 348 g/mol. The number of hydrogen-bond donors (Lipinski definition) is 1. The largest absolute Gasteiger partial charge is 0.356 e. The molecule has 21 heavy (non-hydrogen) atoms. The molecule has 0 spiro atoms. The van der Waals surface area contributed by atoms with Gasteiger partial charge in [0.2, 0.25) is 0 Å². The van der Waals surface area contributed by atoms with Crippen LogP contribution in [-0.2, 0) is 6.54 Å². The van der Waals surface area contributed by atoms with Crippen molar-refractivity contribution in [2.75, 3.05) is 26.2 Å². The third-order valence-electron chi connectivity index (χ3n) is 3.69. The molecule has 0 unspecified atom stereocenters. The SMILES string of the molecule is O=C(c1cc(Br)c[nH]1)N1CCN(Cc2ccncc2)CC1. The van der Waals surface area contributed by atoms with E-state index in [2.05, 4.69) is 30.8 Å². The highest BCUT2D eigenvalue weighted by Crippen LogP contribution is 2.14. The van der Waals surface area contributed by atoms with Gasteiger partial charge in [-0.2, -0.15) is 0 Å². The molecule has 2 aromatic rings. The molecule has 1 aliphatic rings. The topological polar surface area (TPSA) is 52.2 Å². The van der Waals surface area contributed by atoms with Crippen molar-refractivity contribution in [3.63, 3.8) is 0 Å². The summed E-state index contributed by atoms with van der Waals surface area (Å²) in [6.07, 6.45) is 5.42. The van der Waals surface area contributed by atoms with Gasteiger partial charge in [0.05, 0.1) is 0 Å². The first-order valence-corrected chi connectivity index (χ1v) is 7.76. The summed E-state index contributed by atoms with van der Waals surface area (Å²) in [5.41, 5.74) is 1.91. The standard InChI is InChI=1S/C15H17BrN4O/c16-13-9-14(18-10-13)15(21)20-7-5-19(6-8-20)11-12-1-3-17-4-2-12/h1-4,9-10,18H,5-8,11H2. The Morgan fingerprint density at radius 2 is 1.95 bits per heavy atom. The number of pyridine rings is 1. The number of aromatic nitrogens is 2. The first kappa shape index (κ1) is 14.3. The lowest BCUT2D eigenvalue weighted by Gasteiger charge is -2.34. The Kier molecular flexibility index (Phi) is 4.36. The molecule has 1 amide bonds. The molecule has 110 valence electrons. The van der Waals surface area contributed by atoms with E-state index in [1.165, 1.54) is 5.56 Å². The molecular formula is C15H17BrN4O. The summed E-state index contributed by atoms with van der Waals surface area (Å²) in [5, 5.41) is 0. The van der Waals surface area contributed by atoms with Crippen molar-refractivity contribution in [3.8, 4) is 0 Å². The van der Waals surface area contributed by atoms with Gasteiger partial charge in [-0.1, -0.05) is 0 Å². The van der Waals surface area contributed by atoms with Crippen LogP contribution in [-0.4, -0.2) is 51.9 Å². The maximum absolute atomic E-state index is 12.3. The third kappa shape index (κ3) is 3.51. The highest BCUT2D eigenvalue weighted by Gasteiger charge is 2.22. The molecule has 5 nitrogen and oxygen atoms in total. The Morgan fingerprint density at radius 3 is 2.57 bits per heavy atom. The summed E-state index contributed by atoms with van der Waals surface area (Å²) in [6.45, 7) is 4.24. The first-order valence-electron chi connectivity index (χ1n) is 6.97. The van der Waals surface area contributed by atoms with E-state index in [1.54, 1.807) is 6.20 Å². The van der Waals surface area contributed by atoms with Crippen LogP contribution in [0.4, 0.5) is 0 Å². The molecule has 6 heteroatoms. The van der Waals surface area contributed by atoms with E-state index in [0.29, 0.717) is 5.69 Å². The predicted molar refractivity (Wildman–Crippen MR) is 83.9 cm³/mol. The molecule has 0 bridgehead atoms. The van der Waals surface area contributed by atoms with Crippen LogP contribution in [0.1, 0.15) is 16.1 Å². The van der Waals surface area contributed by atoms with Gasteiger partial charge in [-0.05, 0) is 39.7 Å². The van der Waals surface area contributed by atoms with Crippen molar-refractivity contribution in [2.24, 2.45) is 0 Å². The quantitative estimate of drug-likeness (QED) is 0.924. The summed E-state index contributed by atoms with van der Waals surface area (Å²) in [4.78, 5) is 23.6. The average molecular weight is 349 g/mol. The number of carbonyl (C=O) groups excluding carboxylic acids is 1. The van der Waals surface area contributed by atoms with Gasteiger partial charge in [-0.15, -0.1) is 0 Å². The van der Waals surface area contributed by atoms with E-state index in [4.69, 9.17) is 0 Å². The zero-order valence-corrected chi connectivity index (χ0v) is 13.2. The summed E-state index contributed by atoms with van der Waals surface area (Å²) in [5.74, 6) is 0.0734. The maximum atomic E-state index is 12.3. The smallest absolute Gasteiger partial charge is 0.270 e. The van der Waals surface area contributed by atoms with Crippen LogP contribution in [0.3, 0.4) is 0 Å². The summed E-state index contributed by atoms with van der Waals surface area (Å²) in [6, 6.07) is 5.90. The molecule has 0 atom stereocenters. The second-order valence-electron chi connectivity index (χ2n) is 5.16. The highest BCUT2D eigenvalue weighted by atomic mass is 79.9. The van der Waals surface area contributed by atoms with Crippen LogP contribution in [0, 0.1) is 0 Å². The van der Waals surface area contributed by atoms with Crippen LogP contribution in [0.5, 0.6) is 0 Å². The molecule has 2 aromatic heterocycles. The predicted octanol–water partition coefficient (Wildman–Crippen LogP) is 2.13. The van der Waals surface area contributed by atoms with Crippen molar-refractivity contribution >= 4 is 21.8 Å². The molecular weight excluding hydrogens is 332 g/mol. The van der Waals surface area contributed by atoms with E-state index in [9.17, 15) is 4.79 Å². The van der Waals surface area contributed by atoms with Crippen molar-refractivity contribution in [2.45, 2.75) is 6.54 Å². The Balaban J connectivity index is 1.54. The van der Waals surface area contributed by atoms with E-state index >= 15 is 0 Å². The summed E-state index contributed by atoms with van der Waals surface area (Å²) < 4.78 is 0.905. The Hall–Kier alpha value is -1.66. The van der Waals surface area contributed by atoms with Crippen LogP contribution >= 0.6 is 15.9 Å². The summed E-state index contributed by atoms with van der Waals surface area (Å²) in [7, 11) is 0. The number of carbonyl (C=O) groups is 1. The molecule has 3 heterocycles. The van der Waals surface area contributed by atoms with Gasteiger partial charge in [0, 0.05) is 55.8 Å². The van der Waals surface area contributed by atoms with Gasteiger partial charge in [-0.25, -0.2) is 0 Å². The number of hydrogen-bond acceptors (Lipinski definition) is 3. The summed E-state index contributed by atoms with van der Waals surface area (Å²) >= 11 is 3.36. The minimum atomic E-state index is 0.0734. The number of aromatic amines is 1. The van der Waals surface area contributed by atoms with Crippen molar-refractivity contribution in [1.82, 2.24) is 19.8 Å². The normalized spacial score (nSPS) is 16.1. The zero-order chi connectivity index (χ0) is 14.7. The van der Waals surface area contributed by atoms with E-state index in [1.807, 2.05) is 35.5 Å². The number of H-pyrrole nitrogens is 1. The third-order valence-corrected chi connectivity index (χ3v) is 4.15. The fourth-order valence-corrected chi connectivity index (χ4v) is 2.86. The lowest BCUT2D eigenvalue weighted by molar-refractivity contribution is 0.0623. The number of nitrogens with zero attached hydrogens (tertiary/aromatic N) is 3. The van der Waals surface area contributed by atoms with Gasteiger partial charge in [0.1, 0.15) is 5.69 Å². The number of amides is 1. The minimum absolute atomic E-state index is 0.0734. The van der Waals surface area contributed by atoms with E-state index < -0.39 is 0 Å². The lowest BCUT2D eigenvalue weighted by Crippen LogP contribution is -2.48. The van der Waals surface area contributed by atoms with Crippen LogP contribution < -0.4 is 0 Å². The fourth-order valence-electron chi connectivity index (χ4n) is 2.52. The Labute approximate surface area is 132 Å². The molecule has 0 aromatic carbocycles. The second kappa shape index (κ2) is 6.41. The van der Waals surface area contributed by atoms with Gasteiger partial charge < -0.3 is 9.88 Å². The minimum Gasteiger partial charge on any atom is -0.356 e. The molecule has 1 N–H and O–H groups in total. The fraction of sp³-hybridized carbons (Fsp3) is 0.333. The van der Waals surface area contributed by atoms with Gasteiger partial charge >= 0.3 is 0 Å². The van der Waals surface area contributed by atoms with E-state index in [-0.39, 0.29) is 5.91 Å². The Bertz CT molecular complexity index is 605. The van der Waals surface area contributed by atoms with Gasteiger partial charge in [0.25, 0.3) is 5.91 Å². The number of halogens is 1. The number of rotatable bonds is 3. The molecule has 1 aliphatic heterocycles. The molecule has 1 fully saturated rings. The van der Waals surface area contributed by atoms with Gasteiger partial charge in [0.15, 0.2) is 0 Å². The highest BCUT2D eigenvalue weighted by molar-refractivity contribution is 9.10. The van der Waals surface area contributed by atoms with Crippen molar-refractivity contribution < 1.29 is 4.79 Å². The number of piperazine rings is 1. The van der Waals surface area contributed by atoms with Crippen molar-refractivity contribution in [1.29, 1.82) is 0 Å². The maximum Gasteiger partial charge on any atom is 0.270 e. The molecule has 1 saturated heterocycles. The molecule has 0 saturated carbocycles. The second-order valence-corrected chi connectivity index (χ2v) is 6.07. The first-order chi connectivity index (χ1) is 10.2.